The number of phenolic OH excluding ortho intramolecular Hbond substituents is 1. The molecule has 2 aromatic carbocycles. The SMILES string of the molecule is Cc1ccccc1[C@@H]1CCN(CCNC(=O)c2cc(-c3ccccc3O)n[nH]2)C1. The van der Waals surface area contributed by atoms with Crippen LogP contribution >= 0.6 is 0 Å². The fourth-order valence-electron chi connectivity index (χ4n) is 4.02. The number of rotatable bonds is 6. The second-order valence-corrected chi connectivity index (χ2v) is 7.58. The van der Waals surface area contributed by atoms with Gasteiger partial charge in [0.2, 0.25) is 0 Å². The number of aromatic hydroxyl groups is 1. The van der Waals surface area contributed by atoms with Crippen LogP contribution in [0.5, 0.6) is 5.75 Å². The molecule has 1 fully saturated rings. The van der Waals surface area contributed by atoms with E-state index in [4.69, 9.17) is 0 Å². The van der Waals surface area contributed by atoms with Gasteiger partial charge in [0.1, 0.15) is 11.4 Å². The number of benzene rings is 2. The first-order chi connectivity index (χ1) is 14.1. The molecule has 1 atom stereocenters. The molecule has 6 nitrogen and oxygen atoms in total. The fourth-order valence-corrected chi connectivity index (χ4v) is 4.02. The van der Waals surface area contributed by atoms with Gasteiger partial charge in [-0.15, -0.1) is 0 Å². The molecule has 0 unspecified atom stereocenters. The Hall–Kier alpha value is -3.12. The van der Waals surface area contributed by atoms with Gasteiger partial charge < -0.3 is 15.3 Å². The van der Waals surface area contributed by atoms with Crippen molar-refractivity contribution in [1.82, 2.24) is 20.4 Å². The summed E-state index contributed by atoms with van der Waals surface area (Å²) >= 11 is 0. The topological polar surface area (TPSA) is 81.2 Å². The van der Waals surface area contributed by atoms with Crippen LogP contribution in [0, 0.1) is 6.92 Å². The Morgan fingerprint density at radius 3 is 2.86 bits per heavy atom. The molecule has 29 heavy (non-hydrogen) atoms. The van der Waals surface area contributed by atoms with Crippen molar-refractivity contribution in [1.29, 1.82) is 0 Å². The molecule has 0 saturated carbocycles. The van der Waals surface area contributed by atoms with E-state index in [1.807, 2.05) is 6.07 Å². The highest BCUT2D eigenvalue weighted by molar-refractivity contribution is 5.93. The summed E-state index contributed by atoms with van der Waals surface area (Å²) in [7, 11) is 0. The molecule has 150 valence electrons. The lowest BCUT2D eigenvalue weighted by Crippen LogP contribution is -2.34. The first-order valence-corrected chi connectivity index (χ1v) is 10.0. The Morgan fingerprint density at radius 1 is 1.24 bits per heavy atom. The maximum absolute atomic E-state index is 12.4. The van der Waals surface area contributed by atoms with E-state index in [-0.39, 0.29) is 11.7 Å². The van der Waals surface area contributed by atoms with Gasteiger partial charge in [0, 0.05) is 25.2 Å². The number of nitrogens with zero attached hydrogens (tertiary/aromatic N) is 2. The third kappa shape index (κ3) is 4.32. The zero-order valence-electron chi connectivity index (χ0n) is 16.6. The van der Waals surface area contributed by atoms with Gasteiger partial charge in [-0.05, 0) is 55.1 Å². The Balaban J connectivity index is 1.28. The third-order valence-electron chi connectivity index (χ3n) is 5.62. The number of para-hydroxylation sites is 1. The van der Waals surface area contributed by atoms with Crippen LogP contribution in [0.2, 0.25) is 0 Å². The van der Waals surface area contributed by atoms with E-state index < -0.39 is 0 Å². The first-order valence-electron chi connectivity index (χ1n) is 10.0. The Kier molecular flexibility index (Phi) is 5.62. The second-order valence-electron chi connectivity index (χ2n) is 7.58. The molecule has 2 heterocycles. The minimum Gasteiger partial charge on any atom is -0.507 e. The molecule has 4 rings (SSSR count). The van der Waals surface area contributed by atoms with Crippen molar-refractivity contribution in [2.75, 3.05) is 26.2 Å². The molecule has 1 amide bonds. The number of hydrogen-bond acceptors (Lipinski definition) is 4. The number of amides is 1. The predicted octanol–water partition coefficient (Wildman–Crippen LogP) is 3.31. The Labute approximate surface area is 170 Å². The number of aryl methyl sites for hydroxylation is 1. The number of phenols is 1. The minimum atomic E-state index is -0.186. The summed E-state index contributed by atoms with van der Waals surface area (Å²) in [5, 5.41) is 19.8. The predicted molar refractivity (Wildman–Crippen MR) is 113 cm³/mol. The molecular weight excluding hydrogens is 364 g/mol. The smallest absolute Gasteiger partial charge is 0.269 e. The van der Waals surface area contributed by atoms with E-state index in [9.17, 15) is 9.90 Å². The normalized spacial score (nSPS) is 16.8. The third-order valence-corrected chi connectivity index (χ3v) is 5.62. The molecule has 6 heteroatoms. The van der Waals surface area contributed by atoms with Crippen LogP contribution < -0.4 is 5.32 Å². The van der Waals surface area contributed by atoms with Crippen LogP contribution in [0.3, 0.4) is 0 Å². The van der Waals surface area contributed by atoms with Crippen LogP contribution in [-0.4, -0.2) is 52.3 Å². The largest absolute Gasteiger partial charge is 0.507 e. The standard InChI is InChI=1S/C23H26N4O2/c1-16-6-2-3-7-18(16)17-10-12-27(15-17)13-11-24-23(29)21-14-20(25-26-21)19-8-4-5-9-22(19)28/h2-9,14,17,28H,10-13,15H2,1H3,(H,24,29)(H,25,26)/t17-/m1/s1. The summed E-state index contributed by atoms with van der Waals surface area (Å²) in [5.41, 5.74) is 4.33. The lowest BCUT2D eigenvalue weighted by molar-refractivity contribution is 0.0944. The highest BCUT2D eigenvalue weighted by atomic mass is 16.3. The lowest BCUT2D eigenvalue weighted by atomic mass is 9.94. The Morgan fingerprint density at radius 2 is 2.03 bits per heavy atom. The van der Waals surface area contributed by atoms with Crippen LogP contribution in [-0.2, 0) is 0 Å². The number of aromatic nitrogens is 2. The molecule has 1 saturated heterocycles. The van der Waals surface area contributed by atoms with Gasteiger partial charge in [-0.3, -0.25) is 9.89 Å². The highest BCUT2D eigenvalue weighted by Gasteiger charge is 2.24. The molecule has 0 spiro atoms. The first kappa shape index (κ1) is 19.2. The van der Waals surface area contributed by atoms with Gasteiger partial charge >= 0.3 is 0 Å². The quantitative estimate of drug-likeness (QED) is 0.603. The number of carbonyl (C=O) groups is 1. The molecule has 3 aromatic rings. The summed E-state index contributed by atoms with van der Waals surface area (Å²) in [5.74, 6) is 0.526. The molecule has 0 bridgehead atoms. The molecule has 1 aliphatic rings. The van der Waals surface area contributed by atoms with E-state index in [2.05, 4.69) is 51.6 Å². The number of nitrogens with one attached hydrogen (secondary N) is 2. The summed E-state index contributed by atoms with van der Waals surface area (Å²) in [6, 6.07) is 17.2. The fraction of sp³-hybridized carbons (Fsp3) is 0.304. The van der Waals surface area contributed by atoms with E-state index in [0.717, 1.165) is 26.1 Å². The summed E-state index contributed by atoms with van der Waals surface area (Å²) in [4.78, 5) is 14.8. The van der Waals surface area contributed by atoms with Crippen molar-refractivity contribution in [3.8, 4) is 17.0 Å². The summed E-state index contributed by atoms with van der Waals surface area (Å²) in [6.07, 6.45) is 1.16. The molecule has 1 aliphatic heterocycles. The second kappa shape index (κ2) is 8.49. The molecule has 3 N–H and O–H groups in total. The van der Waals surface area contributed by atoms with Crippen LogP contribution in [0.1, 0.15) is 34.0 Å². The van der Waals surface area contributed by atoms with E-state index >= 15 is 0 Å². The van der Waals surface area contributed by atoms with Gasteiger partial charge in [-0.25, -0.2) is 0 Å². The van der Waals surface area contributed by atoms with Gasteiger partial charge in [-0.2, -0.15) is 5.10 Å². The van der Waals surface area contributed by atoms with Crippen molar-refractivity contribution in [2.24, 2.45) is 0 Å². The van der Waals surface area contributed by atoms with E-state index in [1.54, 1.807) is 24.3 Å². The lowest BCUT2D eigenvalue weighted by Gasteiger charge is -2.17. The molecular formula is C23H26N4O2. The van der Waals surface area contributed by atoms with Crippen LogP contribution in [0.15, 0.2) is 54.6 Å². The van der Waals surface area contributed by atoms with Crippen LogP contribution in [0.25, 0.3) is 11.3 Å². The van der Waals surface area contributed by atoms with Gasteiger partial charge in [0.15, 0.2) is 0 Å². The van der Waals surface area contributed by atoms with Crippen molar-refractivity contribution in [3.63, 3.8) is 0 Å². The average Bonchev–Trinajstić information content (AvgIpc) is 3.39. The van der Waals surface area contributed by atoms with Crippen LogP contribution in [0.4, 0.5) is 0 Å². The van der Waals surface area contributed by atoms with Gasteiger partial charge in [0.05, 0.1) is 5.69 Å². The molecule has 0 radical (unpaired) electrons. The molecule has 1 aromatic heterocycles. The number of H-pyrrole nitrogens is 1. The maximum Gasteiger partial charge on any atom is 0.269 e. The Bertz CT molecular complexity index is 998. The number of aromatic amines is 1. The maximum atomic E-state index is 12.4. The minimum absolute atomic E-state index is 0.142. The van der Waals surface area contributed by atoms with Crippen molar-refractivity contribution in [3.05, 3.63) is 71.4 Å². The zero-order valence-corrected chi connectivity index (χ0v) is 16.6. The summed E-state index contributed by atoms with van der Waals surface area (Å²) < 4.78 is 0. The van der Waals surface area contributed by atoms with Crippen molar-refractivity contribution < 1.29 is 9.90 Å². The average molecular weight is 390 g/mol. The zero-order chi connectivity index (χ0) is 20.2. The summed E-state index contributed by atoms with van der Waals surface area (Å²) in [6.45, 7) is 5.67. The number of carbonyl (C=O) groups excluding carboxylic acids is 1. The highest BCUT2D eigenvalue weighted by Crippen LogP contribution is 2.29. The molecule has 0 aliphatic carbocycles. The number of hydrogen-bond donors (Lipinski definition) is 3. The van der Waals surface area contributed by atoms with E-state index in [1.165, 1.54) is 11.1 Å². The van der Waals surface area contributed by atoms with Crippen molar-refractivity contribution in [2.45, 2.75) is 19.3 Å². The van der Waals surface area contributed by atoms with Crippen molar-refractivity contribution >= 4 is 5.91 Å². The monoisotopic (exact) mass is 390 g/mol. The van der Waals surface area contributed by atoms with Gasteiger partial charge in [-0.1, -0.05) is 36.4 Å². The number of likely N-dealkylation sites (tertiary alicyclic amines) is 1. The van der Waals surface area contributed by atoms with E-state index in [0.29, 0.717) is 29.4 Å². The van der Waals surface area contributed by atoms with Gasteiger partial charge in [0.25, 0.3) is 5.91 Å².